The minimum atomic E-state index is -0.630. The molecule has 2 aromatic heterocycles. The number of aromatic nitrogens is 4. The molecule has 3 heterocycles. The molecule has 4 N–H and O–H groups in total. The maximum absolute atomic E-state index is 13.2. The molecule has 0 aliphatic carbocycles. The number of piperidine rings is 1. The van der Waals surface area contributed by atoms with Gasteiger partial charge in [-0.15, -0.1) is 11.6 Å². The van der Waals surface area contributed by atoms with Gasteiger partial charge in [0.1, 0.15) is 42.6 Å². The predicted molar refractivity (Wildman–Crippen MR) is 235 cm³/mol. The van der Waals surface area contributed by atoms with Gasteiger partial charge in [-0.3, -0.25) is 4.79 Å². The first-order valence-electron chi connectivity index (χ1n) is 21.0. The molecule has 5 rings (SSSR count). The van der Waals surface area contributed by atoms with Crippen molar-refractivity contribution in [3.8, 4) is 22.8 Å². The second-order valence-electron chi connectivity index (χ2n) is 14.1. The zero-order valence-corrected chi connectivity index (χ0v) is 35.7. The highest BCUT2D eigenvalue weighted by molar-refractivity contribution is 6.17. The van der Waals surface area contributed by atoms with Gasteiger partial charge in [-0.25, -0.2) is 24.2 Å². The summed E-state index contributed by atoms with van der Waals surface area (Å²) >= 11 is 5.66. The van der Waals surface area contributed by atoms with Gasteiger partial charge in [-0.1, -0.05) is 43.2 Å². The number of para-hydroxylation sites is 1. The van der Waals surface area contributed by atoms with Gasteiger partial charge in [0.15, 0.2) is 5.65 Å². The first-order chi connectivity index (χ1) is 30.4. The van der Waals surface area contributed by atoms with Crippen LogP contribution in [-0.4, -0.2) is 128 Å². The third-order valence-electron chi connectivity index (χ3n) is 9.52. The summed E-state index contributed by atoms with van der Waals surface area (Å²) < 4.78 is 34.3. The first-order valence-corrected chi connectivity index (χ1v) is 21.5. The van der Waals surface area contributed by atoms with Crippen molar-refractivity contribution < 1.29 is 42.8 Å². The minimum absolute atomic E-state index is 0.0313. The number of rotatable bonds is 26. The number of unbranched alkanes of at least 4 members (excludes halogenated alkanes) is 3. The van der Waals surface area contributed by atoms with E-state index >= 15 is 0 Å². The number of nitrogen functional groups attached to an aromatic ring is 1. The van der Waals surface area contributed by atoms with E-state index < -0.39 is 12.2 Å². The SMILES string of the molecule is Nc1ncnc2c1c(-c1ccc(Oc3ccccc3)cc1)nn2[C@@H]1CCCN(C(=O)/C=C/CNC(=O)OC/C=C/COCCOC(=O)NCCOCCOCCCCCCCl)C1. The Morgan fingerprint density at radius 2 is 1.53 bits per heavy atom. The van der Waals surface area contributed by atoms with E-state index in [1.54, 1.807) is 23.1 Å². The second kappa shape index (κ2) is 27.2. The molecular formula is C44H57ClN8O9. The number of benzene rings is 2. The molecule has 0 unspecified atom stereocenters. The van der Waals surface area contributed by atoms with Crippen LogP contribution in [0, 0.1) is 0 Å². The van der Waals surface area contributed by atoms with E-state index in [0.29, 0.717) is 80.2 Å². The number of nitrogens with zero attached hydrogens (tertiary/aromatic N) is 5. The van der Waals surface area contributed by atoms with Gasteiger partial charge in [0.2, 0.25) is 5.91 Å². The second-order valence-corrected chi connectivity index (χ2v) is 14.5. The van der Waals surface area contributed by atoms with E-state index in [9.17, 15) is 14.4 Å². The van der Waals surface area contributed by atoms with Crippen LogP contribution in [0.15, 0.2) is 85.2 Å². The number of likely N-dealkylation sites (tertiary alicyclic amines) is 1. The zero-order valence-electron chi connectivity index (χ0n) is 35.0. The Morgan fingerprint density at radius 1 is 0.790 bits per heavy atom. The molecule has 2 aromatic carbocycles. The number of alkyl carbamates (subject to hydrolysis) is 2. The van der Waals surface area contributed by atoms with Gasteiger partial charge in [-0.2, -0.15) is 5.10 Å². The fraction of sp³-hybridized carbons (Fsp3) is 0.455. The maximum Gasteiger partial charge on any atom is 0.407 e. The molecule has 1 aliphatic heterocycles. The molecule has 62 heavy (non-hydrogen) atoms. The van der Waals surface area contributed by atoms with Crippen molar-refractivity contribution in [3.63, 3.8) is 0 Å². The maximum atomic E-state index is 13.2. The van der Waals surface area contributed by atoms with Crippen molar-refractivity contribution in [2.45, 2.75) is 44.6 Å². The number of nitrogens with one attached hydrogen (secondary N) is 2. The zero-order chi connectivity index (χ0) is 43.6. The van der Waals surface area contributed by atoms with E-state index in [1.807, 2.05) is 59.3 Å². The standard InChI is InChI=1S/C44H57ClN8O9/c45-20-6-1-2-7-24-57-28-29-59-27-22-48-44(56)61-31-30-58-25-8-9-26-60-43(55)47-21-10-15-38(54)52-23-11-12-35(32-52)53-42-39(41(46)49-33-50-42)40(51-53)34-16-18-37(19-17-34)62-36-13-4-3-5-14-36/h3-5,8-10,13-19,33,35H,1-2,6-7,11-12,20-32H2,(H,47,55)(H,48,56)(H2,46,49,50)/b9-8+,15-10+/t35-/m1/s1. The average Bonchev–Trinajstić information content (AvgIpc) is 3.69. The number of ether oxygens (including phenoxy) is 6. The Balaban J connectivity index is 0.925. The molecule has 18 heteroatoms. The lowest BCUT2D eigenvalue weighted by atomic mass is 10.1. The number of halogens is 1. The van der Waals surface area contributed by atoms with Crippen LogP contribution < -0.4 is 21.1 Å². The topological polar surface area (TPSA) is 204 Å². The monoisotopic (exact) mass is 876 g/mol. The average molecular weight is 877 g/mol. The Labute approximate surface area is 366 Å². The Kier molecular flexibility index (Phi) is 20.8. The number of hydrogen-bond donors (Lipinski definition) is 3. The number of amides is 3. The summed E-state index contributed by atoms with van der Waals surface area (Å²) in [5.74, 6) is 2.27. The lowest BCUT2D eigenvalue weighted by molar-refractivity contribution is -0.127. The molecule has 1 atom stereocenters. The summed E-state index contributed by atoms with van der Waals surface area (Å²) in [7, 11) is 0. The van der Waals surface area contributed by atoms with Crippen LogP contribution >= 0.6 is 11.6 Å². The Hall–Kier alpha value is -5.75. The van der Waals surface area contributed by atoms with Gasteiger partial charge in [0.05, 0.1) is 44.5 Å². The lowest BCUT2D eigenvalue weighted by Crippen LogP contribution is -2.40. The Morgan fingerprint density at radius 3 is 2.35 bits per heavy atom. The van der Waals surface area contributed by atoms with Gasteiger partial charge in [0.25, 0.3) is 0 Å². The van der Waals surface area contributed by atoms with E-state index in [-0.39, 0.29) is 44.9 Å². The smallest absolute Gasteiger partial charge is 0.407 e. The number of carbonyl (C=O) groups excluding carboxylic acids is 3. The highest BCUT2D eigenvalue weighted by atomic mass is 35.5. The summed E-state index contributed by atoms with van der Waals surface area (Å²) in [4.78, 5) is 47.6. The number of hydrogen-bond acceptors (Lipinski definition) is 13. The fourth-order valence-corrected chi connectivity index (χ4v) is 6.61. The number of alkyl halides is 1. The largest absolute Gasteiger partial charge is 0.457 e. The van der Waals surface area contributed by atoms with Crippen molar-refractivity contribution in [1.29, 1.82) is 0 Å². The number of nitrogens with two attached hydrogens (primary N) is 1. The molecule has 1 aliphatic rings. The van der Waals surface area contributed by atoms with Gasteiger partial charge >= 0.3 is 12.2 Å². The summed E-state index contributed by atoms with van der Waals surface area (Å²) in [5, 5.41) is 10.8. The van der Waals surface area contributed by atoms with E-state index in [2.05, 4.69) is 20.6 Å². The van der Waals surface area contributed by atoms with Crippen molar-refractivity contribution in [3.05, 3.63) is 85.2 Å². The molecular weight excluding hydrogens is 820 g/mol. The third-order valence-corrected chi connectivity index (χ3v) is 9.78. The highest BCUT2D eigenvalue weighted by Crippen LogP contribution is 2.35. The molecule has 17 nitrogen and oxygen atoms in total. The van der Waals surface area contributed by atoms with Crippen LogP contribution in [0.4, 0.5) is 15.4 Å². The van der Waals surface area contributed by atoms with Gasteiger partial charge in [0, 0.05) is 50.3 Å². The van der Waals surface area contributed by atoms with Crippen LogP contribution in [0.2, 0.25) is 0 Å². The van der Waals surface area contributed by atoms with Crippen LogP contribution in [0.5, 0.6) is 11.5 Å². The van der Waals surface area contributed by atoms with Crippen molar-refractivity contribution in [2.24, 2.45) is 0 Å². The fourth-order valence-electron chi connectivity index (χ4n) is 6.43. The summed E-state index contributed by atoms with van der Waals surface area (Å²) in [6.07, 6.45) is 12.4. The quantitative estimate of drug-likeness (QED) is 0.0269. The molecule has 0 spiro atoms. The molecule has 3 amide bonds. The molecule has 0 bridgehead atoms. The minimum Gasteiger partial charge on any atom is -0.457 e. The van der Waals surface area contributed by atoms with E-state index in [0.717, 1.165) is 49.8 Å². The molecule has 0 saturated carbocycles. The van der Waals surface area contributed by atoms with Crippen LogP contribution in [0.25, 0.3) is 22.3 Å². The highest BCUT2D eigenvalue weighted by Gasteiger charge is 2.28. The number of fused-ring (bicyclic) bond motifs is 1. The molecule has 1 fully saturated rings. The van der Waals surface area contributed by atoms with Crippen molar-refractivity contribution in [2.75, 3.05) is 90.6 Å². The van der Waals surface area contributed by atoms with Gasteiger partial charge < -0.3 is 49.7 Å². The van der Waals surface area contributed by atoms with E-state index in [4.69, 9.17) is 50.9 Å². The van der Waals surface area contributed by atoms with Crippen molar-refractivity contribution >= 4 is 46.5 Å². The number of anilines is 1. The molecule has 334 valence electrons. The first kappa shape index (κ1) is 47.3. The predicted octanol–water partition coefficient (Wildman–Crippen LogP) is 6.45. The van der Waals surface area contributed by atoms with Crippen LogP contribution in [0.3, 0.4) is 0 Å². The lowest BCUT2D eigenvalue weighted by Gasteiger charge is -2.32. The van der Waals surface area contributed by atoms with Gasteiger partial charge in [-0.05, 0) is 68.2 Å². The molecule has 4 aromatic rings. The van der Waals surface area contributed by atoms with Crippen LogP contribution in [-0.2, 0) is 28.5 Å². The number of carbonyl (C=O) groups is 3. The summed E-state index contributed by atoms with van der Waals surface area (Å²) in [5.41, 5.74) is 8.44. The van der Waals surface area contributed by atoms with E-state index in [1.165, 1.54) is 12.4 Å². The normalized spacial score (nSPS) is 14.1. The summed E-state index contributed by atoms with van der Waals surface area (Å²) in [6.45, 7) is 4.06. The molecule has 0 radical (unpaired) electrons. The Bertz CT molecular complexity index is 2020. The third kappa shape index (κ3) is 16.3. The summed E-state index contributed by atoms with van der Waals surface area (Å²) in [6, 6.07) is 17.0. The van der Waals surface area contributed by atoms with Crippen molar-refractivity contribution in [1.82, 2.24) is 35.3 Å². The van der Waals surface area contributed by atoms with Crippen LogP contribution in [0.1, 0.15) is 44.6 Å². The molecule has 1 saturated heterocycles.